The van der Waals surface area contributed by atoms with E-state index in [1.807, 2.05) is 25.5 Å². The molecule has 7 heteroatoms. The molecule has 0 aliphatic carbocycles. The number of amides is 1. The minimum atomic E-state index is -0.290. The summed E-state index contributed by atoms with van der Waals surface area (Å²) in [6.45, 7) is 4.51. The minimum absolute atomic E-state index is 0.0156. The third-order valence-corrected chi connectivity index (χ3v) is 4.27. The van der Waals surface area contributed by atoms with Crippen LogP contribution >= 0.6 is 11.8 Å². The molecule has 2 rings (SSSR count). The van der Waals surface area contributed by atoms with Crippen molar-refractivity contribution < 1.29 is 9.18 Å². The van der Waals surface area contributed by atoms with E-state index in [1.165, 1.54) is 23.9 Å². The van der Waals surface area contributed by atoms with Crippen LogP contribution in [-0.2, 0) is 11.8 Å². The molecule has 1 amide bonds. The summed E-state index contributed by atoms with van der Waals surface area (Å²) in [5.41, 5.74) is 0.784. The van der Waals surface area contributed by atoms with Crippen LogP contribution in [-0.4, -0.2) is 32.5 Å². The highest BCUT2D eigenvalue weighted by Gasteiger charge is 2.18. The zero-order valence-corrected chi connectivity index (χ0v) is 13.7. The molecule has 0 spiro atoms. The highest BCUT2D eigenvalue weighted by atomic mass is 32.2. The summed E-state index contributed by atoms with van der Waals surface area (Å²) in [7, 11) is 1.83. The van der Waals surface area contributed by atoms with Crippen LogP contribution < -0.4 is 5.32 Å². The Kier molecular flexibility index (Phi) is 5.54. The molecule has 0 bridgehead atoms. The van der Waals surface area contributed by atoms with Gasteiger partial charge in [-0.25, -0.2) is 4.39 Å². The largest absolute Gasteiger partial charge is 0.355 e. The van der Waals surface area contributed by atoms with Gasteiger partial charge in [-0.1, -0.05) is 18.7 Å². The van der Waals surface area contributed by atoms with Gasteiger partial charge in [0.15, 0.2) is 11.0 Å². The zero-order chi connectivity index (χ0) is 16.1. The molecule has 1 heterocycles. The predicted molar refractivity (Wildman–Crippen MR) is 85.0 cm³/mol. The standard InChI is InChI=1S/C15H19FN4OS/c1-4-9-17-14(21)10(2)22-15-19-18-13(20(15)3)11-5-7-12(16)8-6-11/h5-8,10H,4,9H2,1-3H3,(H,17,21). The Hall–Kier alpha value is -1.89. The third kappa shape index (κ3) is 3.85. The Morgan fingerprint density at radius 3 is 2.68 bits per heavy atom. The van der Waals surface area contributed by atoms with Gasteiger partial charge in [0.2, 0.25) is 5.91 Å². The van der Waals surface area contributed by atoms with Crippen molar-refractivity contribution >= 4 is 17.7 Å². The van der Waals surface area contributed by atoms with Crippen LogP contribution in [0.1, 0.15) is 20.3 Å². The summed E-state index contributed by atoms with van der Waals surface area (Å²) in [6.07, 6.45) is 0.905. The van der Waals surface area contributed by atoms with E-state index in [1.54, 1.807) is 12.1 Å². The van der Waals surface area contributed by atoms with Gasteiger partial charge in [0, 0.05) is 19.2 Å². The van der Waals surface area contributed by atoms with E-state index in [9.17, 15) is 9.18 Å². The molecule has 0 radical (unpaired) electrons. The molecule has 0 aliphatic rings. The highest BCUT2D eigenvalue weighted by Crippen LogP contribution is 2.25. The molecule has 1 unspecified atom stereocenters. The van der Waals surface area contributed by atoms with E-state index < -0.39 is 0 Å². The number of nitrogens with zero attached hydrogens (tertiary/aromatic N) is 3. The summed E-state index contributed by atoms with van der Waals surface area (Å²) in [5.74, 6) is 0.337. The lowest BCUT2D eigenvalue weighted by Gasteiger charge is -2.11. The van der Waals surface area contributed by atoms with E-state index in [0.717, 1.165) is 12.0 Å². The number of thioether (sulfide) groups is 1. The molecule has 22 heavy (non-hydrogen) atoms. The lowest BCUT2D eigenvalue weighted by atomic mass is 10.2. The Balaban J connectivity index is 2.11. The summed E-state index contributed by atoms with van der Waals surface area (Å²) in [6, 6.07) is 6.09. The lowest BCUT2D eigenvalue weighted by molar-refractivity contribution is -0.120. The molecule has 1 aromatic heterocycles. The number of nitrogens with one attached hydrogen (secondary N) is 1. The normalized spacial score (nSPS) is 12.2. The molecule has 0 aliphatic heterocycles. The van der Waals surface area contributed by atoms with Gasteiger partial charge in [0.25, 0.3) is 0 Å². The van der Waals surface area contributed by atoms with Crippen LogP contribution in [0.25, 0.3) is 11.4 Å². The molecular weight excluding hydrogens is 303 g/mol. The number of carbonyl (C=O) groups is 1. The molecule has 5 nitrogen and oxygen atoms in total. The average Bonchev–Trinajstić information content (AvgIpc) is 2.86. The molecule has 1 N–H and O–H groups in total. The second-order valence-corrected chi connectivity index (χ2v) is 6.23. The van der Waals surface area contributed by atoms with Crippen molar-refractivity contribution in [1.29, 1.82) is 0 Å². The van der Waals surface area contributed by atoms with Gasteiger partial charge >= 0.3 is 0 Å². The van der Waals surface area contributed by atoms with Gasteiger partial charge in [-0.3, -0.25) is 4.79 Å². The van der Waals surface area contributed by atoms with Gasteiger partial charge in [-0.05, 0) is 37.6 Å². The number of carbonyl (C=O) groups excluding carboxylic acids is 1. The molecule has 1 atom stereocenters. The van der Waals surface area contributed by atoms with Gasteiger partial charge in [-0.15, -0.1) is 10.2 Å². The highest BCUT2D eigenvalue weighted by molar-refractivity contribution is 8.00. The predicted octanol–water partition coefficient (Wildman–Crippen LogP) is 2.63. The number of aromatic nitrogens is 3. The third-order valence-electron chi connectivity index (χ3n) is 3.14. The summed E-state index contributed by atoms with van der Waals surface area (Å²) >= 11 is 1.35. The second-order valence-electron chi connectivity index (χ2n) is 4.92. The van der Waals surface area contributed by atoms with E-state index >= 15 is 0 Å². The molecule has 0 saturated heterocycles. The first kappa shape index (κ1) is 16.5. The quantitative estimate of drug-likeness (QED) is 0.831. The first-order valence-corrected chi connectivity index (χ1v) is 8.00. The van der Waals surface area contributed by atoms with Crippen LogP contribution in [0.2, 0.25) is 0 Å². The Morgan fingerprint density at radius 1 is 1.36 bits per heavy atom. The Labute approximate surface area is 133 Å². The fraction of sp³-hybridized carbons (Fsp3) is 0.400. The van der Waals surface area contributed by atoms with E-state index in [2.05, 4.69) is 15.5 Å². The maximum atomic E-state index is 13.0. The Morgan fingerprint density at radius 2 is 2.05 bits per heavy atom. The summed E-state index contributed by atoms with van der Waals surface area (Å²) in [4.78, 5) is 11.9. The molecule has 118 valence electrons. The topological polar surface area (TPSA) is 59.8 Å². The van der Waals surface area contributed by atoms with Crippen molar-refractivity contribution in [2.24, 2.45) is 7.05 Å². The Bertz CT molecular complexity index is 641. The average molecular weight is 322 g/mol. The van der Waals surface area contributed by atoms with Crippen molar-refractivity contribution in [3.63, 3.8) is 0 Å². The summed E-state index contributed by atoms with van der Waals surface area (Å²) < 4.78 is 14.8. The monoisotopic (exact) mass is 322 g/mol. The number of halogens is 1. The van der Waals surface area contributed by atoms with Crippen molar-refractivity contribution in [3.05, 3.63) is 30.1 Å². The minimum Gasteiger partial charge on any atom is -0.355 e. The van der Waals surface area contributed by atoms with Crippen LogP contribution in [0, 0.1) is 5.82 Å². The van der Waals surface area contributed by atoms with Crippen LogP contribution in [0.3, 0.4) is 0 Å². The lowest BCUT2D eigenvalue weighted by Crippen LogP contribution is -2.31. The van der Waals surface area contributed by atoms with Crippen LogP contribution in [0.4, 0.5) is 4.39 Å². The van der Waals surface area contributed by atoms with E-state index in [-0.39, 0.29) is 17.0 Å². The fourth-order valence-corrected chi connectivity index (χ4v) is 2.71. The van der Waals surface area contributed by atoms with Gasteiger partial charge in [-0.2, -0.15) is 0 Å². The maximum Gasteiger partial charge on any atom is 0.233 e. The molecular formula is C15H19FN4OS. The van der Waals surface area contributed by atoms with Crippen LogP contribution in [0.15, 0.2) is 29.4 Å². The molecule has 0 fully saturated rings. The molecule has 2 aromatic rings. The second kappa shape index (κ2) is 7.40. The fourth-order valence-electron chi connectivity index (χ4n) is 1.87. The van der Waals surface area contributed by atoms with Crippen molar-refractivity contribution in [1.82, 2.24) is 20.1 Å². The van der Waals surface area contributed by atoms with Gasteiger partial charge in [0.05, 0.1) is 5.25 Å². The number of benzene rings is 1. The van der Waals surface area contributed by atoms with Gasteiger partial charge in [0.1, 0.15) is 5.82 Å². The number of rotatable bonds is 6. The first-order chi connectivity index (χ1) is 10.5. The van der Waals surface area contributed by atoms with E-state index in [4.69, 9.17) is 0 Å². The molecule has 1 aromatic carbocycles. The van der Waals surface area contributed by atoms with Crippen LogP contribution in [0.5, 0.6) is 0 Å². The SMILES string of the molecule is CCCNC(=O)C(C)Sc1nnc(-c2ccc(F)cc2)n1C. The van der Waals surface area contributed by atoms with Crippen molar-refractivity contribution in [2.45, 2.75) is 30.7 Å². The first-order valence-electron chi connectivity index (χ1n) is 7.12. The zero-order valence-electron chi connectivity index (χ0n) is 12.8. The van der Waals surface area contributed by atoms with E-state index in [0.29, 0.717) is 17.5 Å². The van der Waals surface area contributed by atoms with Crippen molar-refractivity contribution in [2.75, 3.05) is 6.54 Å². The smallest absolute Gasteiger partial charge is 0.233 e. The summed E-state index contributed by atoms with van der Waals surface area (Å²) in [5, 5.41) is 11.5. The molecule has 0 saturated carbocycles. The van der Waals surface area contributed by atoms with Gasteiger partial charge < -0.3 is 9.88 Å². The maximum absolute atomic E-state index is 13.0. The number of hydrogen-bond donors (Lipinski definition) is 1. The van der Waals surface area contributed by atoms with Crippen molar-refractivity contribution in [3.8, 4) is 11.4 Å². The number of hydrogen-bond acceptors (Lipinski definition) is 4.